The third kappa shape index (κ3) is 1.77. The van der Waals surface area contributed by atoms with Crippen molar-refractivity contribution in [2.75, 3.05) is 13.2 Å². The van der Waals surface area contributed by atoms with Gasteiger partial charge in [-0.15, -0.1) is 0 Å². The monoisotopic (exact) mass is 219 g/mol. The van der Waals surface area contributed by atoms with E-state index >= 15 is 0 Å². The fraction of sp³-hybridized carbons (Fsp3) is 0.273. The summed E-state index contributed by atoms with van der Waals surface area (Å²) in [7, 11) is 1.79. The minimum absolute atomic E-state index is 0.0737. The summed E-state index contributed by atoms with van der Waals surface area (Å²) in [6.45, 7) is 0.164. The Hall–Kier alpha value is -1.88. The van der Waals surface area contributed by atoms with Gasteiger partial charge in [-0.05, 0) is 12.1 Å². The van der Waals surface area contributed by atoms with Crippen LogP contribution in [0, 0.1) is 0 Å². The van der Waals surface area contributed by atoms with E-state index in [1.54, 1.807) is 11.6 Å². The maximum Gasteiger partial charge on any atom is 0.287 e. The summed E-state index contributed by atoms with van der Waals surface area (Å²) in [5, 5.41) is 11.2. The molecule has 16 heavy (non-hydrogen) atoms. The van der Waals surface area contributed by atoms with E-state index in [0.717, 1.165) is 11.0 Å². The van der Waals surface area contributed by atoms with Crippen LogP contribution in [-0.2, 0) is 7.05 Å². The number of carbonyl (C=O) groups excluding carboxylic acids is 1. The van der Waals surface area contributed by atoms with Crippen LogP contribution < -0.4 is 5.32 Å². The van der Waals surface area contributed by atoms with Gasteiger partial charge in [0, 0.05) is 13.6 Å². The SMILES string of the molecule is Cn1c(C(=O)NCCO)nc2ccccc21. The van der Waals surface area contributed by atoms with Crippen LogP contribution in [0.5, 0.6) is 0 Å². The third-order valence-corrected chi connectivity index (χ3v) is 2.39. The Morgan fingerprint density at radius 2 is 2.25 bits per heavy atom. The molecule has 5 heteroatoms. The van der Waals surface area contributed by atoms with E-state index < -0.39 is 0 Å². The lowest BCUT2D eigenvalue weighted by Gasteiger charge is -2.02. The number of nitrogens with zero attached hydrogens (tertiary/aromatic N) is 2. The fourth-order valence-electron chi connectivity index (χ4n) is 1.60. The van der Waals surface area contributed by atoms with Crippen molar-refractivity contribution in [2.45, 2.75) is 0 Å². The Labute approximate surface area is 92.7 Å². The van der Waals surface area contributed by atoms with E-state index in [9.17, 15) is 4.79 Å². The predicted molar refractivity (Wildman–Crippen MR) is 60.1 cm³/mol. The van der Waals surface area contributed by atoms with Crippen molar-refractivity contribution in [3.8, 4) is 0 Å². The first-order chi connectivity index (χ1) is 7.74. The number of aryl methyl sites for hydroxylation is 1. The number of carbonyl (C=O) groups is 1. The van der Waals surface area contributed by atoms with Crippen LogP contribution >= 0.6 is 0 Å². The molecule has 0 aliphatic carbocycles. The molecule has 5 nitrogen and oxygen atoms in total. The number of benzene rings is 1. The molecule has 0 fully saturated rings. The quantitative estimate of drug-likeness (QED) is 0.780. The molecule has 1 amide bonds. The summed E-state index contributed by atoms with van der Waals surface area (Å²) in [5.41, 5.74) is 1.70. The van der Waals surface area contributed by atoms with Gasteiger partial charge in [0.1, 0.15) is 0 Å². The second-order valence-electron chi connectivity index (χ2n) is 3.46. The van der Waals surface area contributed by atoms with Gasteiger partial charge in [0.05, 0.1) is 17.6 Å². The number of para-hydroxylation sites is 2. The first kappa shape index (κ1) is 10.6. The normalized spacial score (nSPS) is 10.6. The molecule has 0 spiro atoms. The molecule has 0 aliphatic rings. The van der Waals surface area contributed by atoms with Gasteiger partial charge < -0.3 is 15.0 Å². The summed E-state index contributed by atoms with van der Waals surface area (Å²) in [5.74, 6) is 0.0856. The van der Waals surface area contributed by atoms with Crippen LogP contribution in [0.1, 0.15) is 10.6 Å². The van der Waals surface area contributed by atoms with Crippen molar-refractivity contribution in [3.63, 3.8) is 0 Å². The Morgan fingerprint density at radius 3 is 2.94 bits per heavy atom. The lowest BCUT2D eigenvalue weighted by molar-refractivity contribution is 0.0932. The maximum absolute atomic E-state index is 11.7. The Morgan fingerprint density at radius 1 is 1.50 bits per heavy atom. The lowest BCUT2D eigenvalue weighted by atomic mass is 10.3. The molecule has 1 heterocycles. The van der Waals surface area contributed by atoms with Crippen molar-refractivity contribution in [1.82, 2.24) is 14.9 Å². The van der Waals surface area contributed by atoms with Crippen LogP contribution in [-0.4, -0.2) is 33.7 Å². The smallest absolute Gasteiger partial charge is 0.287 e. The molecule has 0 unspecified atom stereocenters. The maximum atomic E-state index is 11.7. The van der Waals surface area contributed by atoms with Crippen molar-refractivity contribution < 1.29 is 9.90 Å². The average molecular weight is 219 g/mol. The molecule has 0 saturated carbocycles. The highest BCUT2D eigenvalue weighted by atomic mass is 16.3. The topological polar surface area (TPSA) is 67.2 Å². The van der Waals surface area contributed by atoms with E-state index in [-0.39, 0.29) is 19.1 Å². The van der Waals surface area contributed by atoms with Gasteiger partial charge in [0.2, 0.25) is 0 Å². The van der Waals surface area contributed by atoms with Crippen LogP contribution in [0.3, 0.4) is 0 Å². The number of aliphatic hydroxyl groups is 1. The number of aromatic nitrogens is 2. The van der Waals surface area contributed by atoms with Gasteiger partial charge in [0.15, 0.2) is 5.82 Å². The highest BCUT2D eigenvalue weighted by Crippen LogP contribution is 2.13. The zero-order valence-corrected chi connectivity index (χ0v) is 8.97. The number of hydrogen-bond donors (Lipinski definition) is 2. The van der Waals surface area contributed by atoms with Gasteiger partial charge >= 0.3 is 0 Å². The molecular weight excluding hydrogens is 206 g/mol. The fourth-order valence-corrected chi connectivity index (χ4v) is 1.60. The Bertz CT molecular complexity index is 519. The van der Waals surface area contributed by atoms with Crippen LogP contribution in [0.4, 0.5) is 0 Å². The van der Waals surface area contributed by atoms with Crippen molar-refractivity contribution in [1.29, 1.82) is 0 Å². The second kappa shape index (κ2) is 4.32. The van der Waals surface area contributed by atoms with Gasteiger partial charge in [-0.25, -0.2) is 4.98 Å². The minimum atomic E-state index is -0.271. The summed E-state index contributed by atoms with van der Waals surface area (Å²) in [6.07, 6.45) is 0. The van der Waals surface area contributed by atoms with Crippen LogP contribution in [0.25, 0.3) is 11.0 Å². The summed E-state index contributed by atoms with van der Waals surface area (Å²) in [6, 6.07) is 7.55. The van der Waals surface area contributed by atoms with Crippen LogP contribution in [0.2, 0.25) is 0 Å². The zero-order chi connectivity index (χ0) is 11.5. The molecule has 0 radical (unpaired) electrons. The standard InChI is InChI=1S/C11H13N3O2/c1-14-9-5-3-2-4-8(9)13-10(14)11(16)12-6-7-15/h2-5,15H,6-7H2,1H3,(H,12,16). The summed E-state index contributed by atoms with van der Waals surface area (Å²) in [4.78, 5) is 15.9. The predicted octanol–water partition coefficient (Wildman–Crippen LogP) is 0.295. The molecule has 0 saturated heterocycles. The molecule has 1 aromatic carbocycles. The number of aliphatic hydroxyl groups excluding tert-OH is 1. The second-order valence-corrected chi connectivity index (χ2v) is 3.46. The average Bonchev–Trinajstić information content (AvgIpc) is 2.64. The van der Waals surface area contributed by atoms with E-state index in [0.29, 0.717) is 5.82 Å². The Balaban J connectivity index is 2.37. The number of rotatable bonds is 3. The number of nitrogens with one attached hydrogen (secondary N) is 1. The molecule has 0 bridgehead atoms. The zero-order valence-electron chi connectivity index (χ0n) is 8.97. The number of hydrogen-bond acceptors (Lipinski definition) is 3. The highest BCUT2D eigenvalue weighted by Gasteiger charge is 2.13. The van der Waals surface area contributed by atoms with Crippen molar-refractivity contribution in [2.24, 2.45) is 7.05 Å². The lowest BCUT2D eigenvalue weighted by Crippen LogP contribution is -2.28. The van der Waals surface area contributed by atoms with Gasteiger partial charge in [-0.1, -0.05) is 12.1 Å². The number of amides is 1. The van der Waals surface area contributed by atoms with E-state index in [1.165, 1.54) is 0 Å². The third-order valence-electron chi connectivity index (χ3n) is 2.39. The Kier molecular flexibility index (Phi) is 2.87. The molecule has 2 rings (SSSR count). The molecule has 84 valence electrons. The van der Waals surface area contributed by atoms with Gasteiger partial charge in [-0.3, -0.25) is 4.79 Å². The van der Waals surface area contributed by atoms with Crippen molar-refractivity contribution >= 4 is 16.9 Å². The molecular formula is C11H13N3O2. The first-order valence-electron chi connectivity index (χ1n) is 5.04. The molecule has 0 atom stereocenters. The molecule has 1 aromatic heterocycles. The molecule has 2 N–H and O–H groups in total. The number of imidazole rings is 1. The van der Waals surface area contributed by atoms with E-state index in [2.05, 4.69) is 10.3 Å². The highest BCUT2D eigenvalue weighted by molar-refractivity contribution is 5.94. The minimum Gasteiger partial charge on any atom is -0.395 e. The largest absolute Gasteiger partial charge is 0.395 e. The number of fused-ring (bicyclic) bond motifs is 1. The summed E-state index contributed by atoms with van der Waals surface area (Å²) < 4.78 is 1.74. The van der Waals surface area contributed by atoms with Gasteiger partial charge in [0.25, 0.3) is 5.91 Å². The first-order valence-corrected chi connectivity index (χ1v) is 5.04. The van der Waals surface area contributed by atoms with Crippen LogP contribution in [0.15, 0.2) is 24.3 Å². The molecule has 0 aliphatic heterocycles. The van der Waals surface area contributed by atoms with Gasteiger partial charge in [-0.2, -0.15) is 0 Å². The van der Waals surface area contributed by atoms with E-state index in [4.69, 9.17) is 5.11 Å². The van der Waals surface area contributed by atoms with E-state index in [1.807, 2.05) is 24.3 Å². The van der Waals surface area contributed by atoms with Crippen molar-refractivity contribution in [3.05, 3.63) is 30.1 Å². The molecule has 2 aromatic rings. The summed E-state index contributed by atoms with van der Waals surface area (Å²) >= 11 is 0.